The Kier molecular flexibility index (Phi) is 3.05. The topological polar surface area (TPSA) is 36.4 Å². The lowest BCUT2D eigenvalue weighted by Crippen LogP contribution is -2.30. The first kappa shape index (κ1) is 9.00. The number of anilines is 1. The minimum atomic E-state index is -0.410. The molecular formula is C9H14N2O. The molecule has 0 radical (unpaired) electrons. The van der Waals surface area contributed by atoms with Crippen LogP contribution in [0.5, 0.6) is 0 Å². The van der Waals surface area contributed by atoms with Crippen LogP contribution in [-0.2, 0) is 0 Å². The maximum Gasteiger partial charge on any atom is 0.126 e. The Bertz CT molecular complexity index is 225. The second kappa shape index (κ2) is 4.07. The maximum atomic E-state index is 9.49. The van der Waals surface area contributed by atoms with Crippen LogP contribution in [0.4, 0.5) is 5.69 Å². The van der Waals surface area contributed by atoms with Gasteiger partial charge >= 0.3 is 0 Å². The van der Waals surface area contributed by atoms with E-state index in [-0.39, 0.29) is 0 Å². The third-order valence-corrected chi connectivity index (χ3v) is 1.88. The number of hydrogen-bond donors (Lipinski definition) is 1. The van der Waals surface area contributed by atoms with E-state index >= 15 is 0 Å². The van der Waals surface area contributed by atoms with E-state index in [1.165, 1.54) is 0 Å². The van der Waals surface area contributed by atoms with Gasteiger partial charge in [0.05, 0.1) is 0 Å². The zero-order valence-electron chi connectivity index (χ0n) is 7.44. The van der Waals surface area contributed by atoms with Crippen molar-refractivity contribution in [2.75, 3.05) is 11.9 Å². The number of hydrogen-bond acceptors (Lipinski definition) is 3. The summed E-state index contributed by atoms with van der Waals surface area (Å²) in [5.74, 6) is 0. The predicted octanol–water partition coefficient (Wildman–Crippen LogP) is 1.25. The lowest BCUT2D eigenvalue weighted by atomic mass is 10.3. The summed E-state index contributed by atoms with van der Waals surface area (Å²) in [6.45, 7) is 1.95. The molecule has 0 saturated carbocycles. The van der Waals surface area contributed by atoms with Gasteiger partial charge in [-0.25, -0.2) is 0 Å². The maximum absolute atomic E-state index is 9.49. The largest absolute Gasteiger partial charge is 0.374 e. The quantitative estimate of drug-likeness (QED) is 0.686. The number of nitrogens with zero attached hydrogens (tertiary/aromatic N) is 2. The first-order chi connectivity index (χ1) is 5.75. The molecule has 1 atom stereocenters. The molecule has 0 aliphatic heterocycles. The zero-order chi connectivity index (χ0) is 8.97. The number of aliphatic hydroxyl groups is 1. The van der Waals surface area contributed by atoms with Gasteiger partial charge in [0, 0.05) is 25.1 Å². The van der Waals surface area contributed by atoms with Crippen molar-refractivity contribution in [2.45, 2.75) is 19.6 Å². The fraction of sp³-hybridized carbons (Fsp3) is 0.444. The highest BCUT2D eigenvalue weighted by molar-refractivity contribution is 5.43. The van der Waals surface area contributed by atoms with Crippen molar-refractivity contribution in [1.29, 1.82) is 0 Å². The molecule has 0 bridgehead atoms. The smallest absolute Gasteiger partial charge is 0.126 e. The van der Waals surface area contributed by atoms with Gasteiger partial charge in [-0.15, -0.1) is 0 Å². The van der Waals surface area contributed by atoms with Gasteiger partial charge in [0.1, 0.15) is 6.23 Å². The Morgan fingerprint density at radius 1 is 1.50 bits per heavy atom. The van der Waals surface area contributed by atoms with Gasteiger partial charge in [0.2, 0.25) is 0 Å². The predicted molar refractivity (Wildman–Crippen MR) is 48.9 cm³/mol. The van der Waals surface area contributed by atoms with Crippen LogP contribution in [0, 0.1) is 0 Å². The summed E-state index contributed by atoms with van der Waals surface area (Å²) in [6, 6.07) is 3.75. The van der Waals surface area contributed by atoms with Crippen LogP contribution in [0.3, 0.4) is 0 Å². The Morgan fingerprint density at radius 3 is 2.58 bits per heavy atom. The van der Waals surface area contributed by atoms with E-state index in [1.807, 2.05) is 31.0 Å². The molecule has 0 amide bonds. The summed E-state index contributed by atoms with van der Waals surface area (Å²) in [6.07, 6.45) is 3.74. The fourth-order valence-corrected chi connectivity index (χ4v) is 1.03. The standard InChI is InChI=1S/C9H14N2O/c1-3-9(12)11(2)8-4-6-10-7-5-8/h4-7,9,12H,3H2,1-2H3. The summed E-state index contributed by atoms with van der Waals surface area (Å²) in [5, 5.41) is 9.49. The van der Waals surface area contributed by atoms with Crippen LogP contribution in [-0.4, -0.2) is 23.4 Å². The van der Waals surface area contributed by atoms with E-state index in [2.05, 4.69) is 4.98 Å². The first-order valence-corrected chi connectivity index (χ1v) is 4.06. The van der Waals surface area contributed by atoms with Crippen molar-refractivity contribution in [3.05, 3.63) is 24.5 Å². The molecule has 1 rings (SSSR count). The van der Waals surface area contributed by atoms with Crippen molar-refractivity contribution < 1.29 is 5.11 Å². The number of pyridine rings is 1. The van der Waals surface area contributed by atoms with Crippen molar-refractivity contribution in [3.63, 3.8) is 0 Å². The van der Waals surface area contributed by atoms with E-state index in [0.29, 0.717) is 0 Å². The molecule has 0 aromatic carbocycles. The van der Waals surface area contributed by atoms with E-state index < -0.39 is 6.23 Å². The van der Waals surface area contributed by atoms with Crippen molar-refractivity contribution in [2.24, 2.45) is 0 Å². The van der Waals surface area contributed by atoms with Gasteiger partial charge in [-0.1, -0.05) is 6.92 Å². The van der Waals surface area contributed by atoms with Gasteiger partial charge in [-0.2, -0.15) is 0 Å². The molecule has 66 valence electrons. The molecular weight excluding hydrogens is 152 g/mol. The highest BCUT2D eigenvalue weighted by Crippen LogP contribution is 2.12. The average Bonchev–Trinajstić information content (AvgIpc) is 2.17. The highest BCUT2D eigenvalue weighted by atomic mass is 16.3. The van der Waals surface area contributed by atoms with Crippen molar-refractivity contribution in [3.8, 4) is 0 Å². The Labute approximate surface area is 72.7 Å². The molecule has 1 N–H and O–H groups in total. The van der Waals surface area contributed by atoms with Gasteiger partial charge in [0.25, 0.3) is 0 Å². The summed E-state index contributed by atoms with van der Waals surface area (Å²) < 4.78 is 0. The first-order valence-electron chi connectivity index (χ1n) is 4.06. The van der Waals surface area contributed by atoms with Crippen LogP contribution < -0.4 is 4.90 Å². The molecule has 0 saturated heterocycles. The summed E-state index contributed by atoms with van der Waals surface area (Å²) in [5.41, 5.74) is 0.986. The molecule has 1 heterocycles. The van der Waals surface area contributed by atoms with Crippen LogP contribution in [0.15, 0.2) is 24.5 Å². The average molecular weight is 166 g/mol. The molecule has 0 aliphatic carbocycles. The number of aromatic nitrogens is 1. The van der Waals surface area contributed by atoms with Crippen LogP contribution >= 0.6 is 0 Å². The van der Waals surface area contributed by atoms with Crippen LogP contribution in [0.1, 0.15) is 13.3 Å². The molecule has 12 heavy (non-hydrogen) atoms. The van der Waals surface area contributed by atoms with E-state index in [0.717, 1.165) is 12.1 Å². The molecule has 3 heteroatoms. The summed E-state index contributed by atoms with van der Waals surface area (Å²) >= 11 is 0. The fourth-order valence-electron chi connectivity index (χ4n) is 1.03. The Morgan fingerprint density at radius 2 is 2.08 bits per heavy atom. The summed E-state index contributed by atoms with van der Waals surface area (Å²) in [7, 11) is 1.86. The summed E-state index contributed by atoms with van der Waals surface area (Å²) in [4.78, 5) is 5.73. The van der Waals surface area contributed by atoms with Crippen LogP contribution in [0.2, 0.25) is 0 Å². The van der Waals surface area contributed by atoms with E-state index in [9.17, 15) is 5.11 Å². The second-order valence-corrected chi connectivity index (χ2v) is 2.71. The minimum Gasteiger partial charge on any atom is -0.374 e. The number of aliphatic hydroxyl groups excluding tert-OH is 1. The number of rotatable bonds is 3. The monoisotopic (exact) mass is 166 g/mol. The molecule has 0 fully saturated rings. The van der Waals surface area contributed by atoms with Gasteiger partial charge < -0.3 is 10.0 Å². The van der Waals surface area contributed by atoms with E-state index in [1.54, 1.807) is 12.4 Å². The minimum absolute atomic E-state index is 0.410. The lowest BCUT2D eigenvalue weighted by Gasteiger charge is -2.24. The van der Waals surface area contributed by atoms with Crippen LogP contribution in [0.25, 0.3) is 0 Å². The molecule has 1 unspecified atom stereocenters. The second-order valence-electron chi connectivity index (χ2n) is 2.71. The van der Waals surface area contributed by atoms with Gasteiger partial charge in [-0.3, -0.25) is 4.98 Å². The molecule has 0 spiro atoms. The lowest BCUT2D eigenvalue weighted by molar-refractivity contribution is 0.170. The van der Waals surface area contributed by atoms with Gasteiger partial charge in [-0.05, 0) is 18.6 Å². The Hall–Kier alpha value is -1.09. The molecule has 0 aliphatic rings. The third-order valence-electron chi connectivity index (χ3n) is 1.88. The molecule has 1 aromatic rings. The zero-order valence-corrected chi connectivity index (χ0v) is 7.44. The molecule has 3 nitrogen and oxygen atoms in total. The Balaban J connectivity index is 2.71. The van der Waals surface area contributed by atoms with Crippen molar-refractivity contribution in [1.82, 2.24) is 4.98 Å². The van der Waals surface area contributed by atoms with Gasteiger partial charge in [0.15, 0.2) is 0 Å². The third kappa shape index (κ3) is 1.95. The van der Waals surface area contributed by atoms with E-state index in [4.69, 9.17) is 0 Å². The SMILES string of the molecule is CCC(O)N(C)c1ccncc1. The normalized spacial score (nSPS) is 12.6. The molecule has 1 aromatic heterocycles. The highest BCUT2D eigenvalue weighted by Gasteiger charge is 2.07. The van der Waals surface area contributed by atoms with Crippen molar-refractivity contribution >= 4 is 5.69 Å².